The van der Waals surface area contributed by atoms with Crippen LogP contribution >= 0.6 is 0 Å². The van der Waals surface area contributed by atoms with Crippen molar-refractivity contribution in [1.82, 2.24) is 10.6 Å². The fourth-order valence-corrected chi connectivity index (χ4v) is 1.63. The minimum absolute atomic E-state index is 0.0432. The van der Waals surface area contributed by atoms with Gasteiger partial charge in [-0.15, -0.1) is 0 Å². The molecule has 0 aromatic heterocycles. The molecule has 0 aromatic rings. The smallest absolute Gasteiger partial charge is 0.315 e. The molecule has 0 aromatic carbocycles. The summed E-state index contributed by atoms with van der Waals surface area (Å²) >= 11 is 0. The molecule has 1 fully saturated rings. The summed E-state index contributed by atoms with van der Waals surface area (Å²) < 4.78 is 5.46. The summed E-state index contributed by atoms with van der Waals surface area (Å²) in [5, 5.41) is 14.0. The predicted molar refractivity (Wildman–Crippen MR) is 56.7 cm³/mol. The largest absolute Gasteiger partial charge is 0.396 e. The maximum absolute atomic E-state index is 11.3. The molecular formula is C10H20N2O3. The van der Waals surface area contributed by atoms with Crippen molar-refractivity contribution >= 4 is 6.03 Å². The molecule has 0 spiro atoms. The van der Waals surface area contributed by atoms with Gasteiger partial charge in [0.25, 0.3) is 0 Å². The van der Waals surface area contributed by atoms with Crippen molar-refractivity contribution in [2.24, 2.45) is 0 Å². The van der Waals surface area contributed by atoms with E-state index in [0.717, 1.165) is 19.4 Å². The average Bonchev–Trinajstić information content (AvgIpc) is 2.70. The number of amides is 2. The standard InChI is InChI=1S/C10H20N2O3/c1-8(9-4-2-7-15-9)12-10(14)11-5-3-6-13/h8-9,13H,2-7H2,1H3,(H2,11,12,14). The third-order valence-electron chi connectivity index (χ3n) is 2.50. The molecule has 0 radical (unpaired) electrons. The summed E-state index contributed by atoms with van der Waals surface area (Å²) in [4.78, 5) is 11.3. The second-order valence-electron chi connectivity index (χ2n) is 3.82. The molecule has 15 heavy (non-hydrogen) atoms. The van der Waals surface area contributed by atoms with Crippen molar-refractivity contribution in [2.45, 2.75) is 38.3 Å². The Morgan fingerprint density at radius 2 is 2.47 bits per heavy atom. The van der Waals surface area contributed by atoms with Gasteiger partial charge in [-0.1, -0.05) is 0 Å². The van der Waals surface area contributed by atoms with E-state index < -0.39 is 0 Å². The Morgan fingerprint density at radius 3 is 3.07 bits per heavy atom. The lowest BCUT2D eigenvalue weighted by Crippen LogP contribution is -2.46. The second-order valence-corrected chi connectivity index (χ2v) is 3.82. The fraction of sp³-hybridized carbons (Fsp3) is 0.900. The Hall–Kier alpha value is -0.810. The summed E-state index contributed by atoms with van der Waals surface area (Å²) in [6.07, 6.45) is 2.82. The molecule has 0 saturated carbocycles. The van der Waals surface area contributed by atoms with Crippen LogP contribution in [0.25, 0.3) is 0 Å². The first-order valence-electron chi connectivity index (χ1n) is 5.51. The molecule has 2 atom stereocenters. The van der Waals surface area contributed by atoms with E-state index in [1.54, 1.807) is 0 Å². The molecule has 1 saturated heterocycles. The summed E-state index contributed by atoms with van der Waals surface area (Å²) in [5.74, 6) is 0. The van der Waals surface area contributed by atoms with Gasteiger partial charge in [0.05, 0.1) is 12.1 Å². The van der Waals surface area contributed by atoms with Gasteiger partial charge in [0, 0.05) is 19.8 Å². The van der Waals surface area contributed by atoms with E-state index in [-0.39, 0.29) is 24.8 Å². The van der Waals surface area contributed by atoms with Crippen LogP contribution in [0.15, 0.2) is 0 Å². The first-order chi connectivity index (χ1) is 7.24. The molecule has 88 valence electrons. The van der Waals surface area contributed by atoms with Gasteiger partial charge in [0.15, 0.2) is 0 Å². The number of ether oxygens (including phenoxy) is 1. The zero-order valence-corrected chi connectivity index (χ0v) is 9.16. The van der Waals surface area contributed by atoms with E-state index in [2.05, 4.69) is 10.6 Å². The van der Waals surface area contributed by atoms with Crippen molar-refractivity contribution in [3.05, 3.63) is 0 Å². The quantitative estimate of drug-likeness (QED) is 0.576. The normalized spacial score (nSPS) is 22.4. The highest BCUT2D eigenvalue weighted by Crippen LogP contribution is 2.15. The van der Waals surface area contributed by atoms with Gasteiger partial charge < -0.3 is 20.5 Å². The lowest BCUT2D eigenvalue weighted by atomic mass is 10.1. The number of rotatable bonds is 5. The topological polar surface area (TPSA) is 70.6 Å². The van der Waals surface area contributed by atoms with Gasteiger partial charge in [-0.3, -0.25) is 0 Å². The molecule has 1 heterocycles. The Labute approximate surface area is 90.2 Å². The highest BCUT2D eigenvalue weighted by atomic mass is 16.5. The first kappa shape index (κ1) is 12.3. The van der Waals surface area contributed by atoms with E-state index in [1.165, 1.54) is 0 Å². The van der Waals surface area contributed by atoms with Crippen molar-refractivity contribution in [3.63, 3.8) is 0 Å². The van der Waals surface area contributed by atoms with E-state index in [0.29, 0.717) is 13.0 Å². The van der Waals surface area contributed by atoms with Gasteiger partial charge in [0.1, 0.15) is 0 Å². The number of carbonyl (C=O) groups is 1. The molecule has 1 aliphatic rings. The monoisotopic (exact) mass is 216 g/mol. The number of urea groups is 1. The van der Waals surface area contributed by atoms with Crippen LogP contribution < -0.4 is 10.6 Å². The summed E-state index contributed by atoms with van der Waals surface area (Å²) in [7, 11) is 0. The lowest BCUT2D eigenvalue weighted by molar-refractivity contribution is 0.0860. The summed E-state index contributed by atoms with van der Waals surface area (Å²) in [6.45, 7) is 3.34. The molecule has 2 amide bonds. The highest BCUT2D eigenvalue weighted by molar-refractivity contribution is 5.74. The third kappa shape index (κ3) is 4.48. The van der Waals surface area contributed by atoms with Crippen LogP contribution in [0.3, 0.4) is 0 Å². The Balaban J connectivity index is 2.13. The third-order valence-corrected chi connectivity index (χ3v) is 2.50. The van der Waals surface area contributed by atoms with Gasteiger partial charge in [0.2, 0.25) is 0 Å². The van der Waals surface area contributed by atoms with Crippen LogP contribution in [0.4, 0.5) is 4.79 Å². The second kappa shape index (κ2) is 6.63. The molecular weight excluding hydrogens is 196 g/mol. The minimum Gasteiger partial charge on any atom is -0.396 e. The Kier molecular flexibility index (Phi) is 5.42. The predicted octanol–water partition coefficient (Wildman–Crippen LogP) is 0.235. The number of hydrogen-bond acceptors (Lipinski definition) is 3. The number of aliphatic hydroxyl groups excluding tert-OH is 1. The van der Waals surface area contributed by atoms with Crippen LogP contribution in [-0.4, -0.2) is 43.0 Å². The maximum atomic E-state index is 11.3. The Morgan fingerprint density at radius 1 is 1.67 bits per heavy atom. The zero-order valence-electron chi connectivity index (χ0n) is 9.16. The number of nitrogens with one attached hydrogen (secondary N) is 2. The molecule has 5 heteroatoms. The minimum atomic E-state index is -0.188. The number of aliphatic hydroxyl groups is 1. The van der Waals surface area contributed by atoms with Crippen LogP contribution in [0.2, 0.25) is 0 Å². The van der Waals surface area contributed by atoms with E-state index >= 15 is 0 Å². The highest BCUT2D eigenvalue weighted by Gasteiger charge is 2.23. The summed E-state index contributed by atoms with van der Waals surface area (Å²) in [6, 6.07) is -0.145. The SMILES string of the molecule is CC(NC(=O)NCCCO)C1CCCO1. The van der Waals surface area contributed by atoms with Crippen molar-refractivity contribution < 1.29 is 14.6 Å². The fourth-order valence-electron chi connectivity index (χ4n) is 1.63. The van der Waals surface area contributed by atoms with Crippen LogP contribution in [0, 0.1) is 0 Å². The Bertz CT molecular complexity index is 193. The molecule has 2 unspecified atom stereocenters. The van der Waals surface area contributed by atoms with Gasteiger partial charge in [-0.05, 0) is 26.2 Å². The lowest BCUT2D eigenvalue weighted by Gasteiger charge is -2.20. The molecule has 1 rings (SSSR count). The maximum Gasteiger partial charge on any atom is 0.315 e. The number of hydrogen-bond donors (Lipinski definition) is 3. The van der Waals surface area contributed by atoms with E-state index in [4.69, 9.17) is 9.84 Å². The van der Waals surface area contributed by atoms with Crippen molar-refractivity contribution in [1.29, 1.82) is 0 Å². The van der Waals surface area contributed by atoms with Crippen LogP contribution in [0.1, 0.15) is 26.2 Å². The van der Waals surface area contributed by atoms with Crippen molar-refractivity contribution in [2.75, 3.05) is 19.8 Å². The zero-order chi connectivity index (χ0) is 11.1. The summed E-state index contributed by atoms with van der Waals surface area (Å²) in [5.41, 5.74) is 0. The van der Waals surface area contributed by atoms with Crippen molar-refractivity contribution in [3.8, 4) is 0 Å². The molecule has 1 aliphatic heterocycles. The molecule has 0 aliphatic carbocycles. The first-order valence-corrected chi connectivity index (χ1v) is 5.51. The molecule has 0 bridgehead atoms. The van der Waals surface area contributed by atoms with Gasteiger partial charge in [-0.2, -0.15) is 0 Å². The number of carbonyl (C=O) groups excluding carboxylic acids is 1. The van der Waals surface area contributed by atoms with E-state index in [1.807, 2.05) is 6.92 Å². The average molecular weight is 216 g/mol. The molecule has 3 N–H and O–H groups in total. The molecule has 5 nitrogen and oxygen atoms in total. The van der Waals surface area contributed by atoms with Crippen LogP contribution in [0.5, 0.6) is 0 Å². The van der Waals surface area contributed by atoms with Gasteiger partial charge in [-0.25, -0.2) is 4.79 Å². The van der Waals surface area contributed by atoms with E-state index in [9.17, 15) is 4.79 Å². The van der Waals surface area contributed by atoms with Crippen LogP contribution in [-0.2, 0) is 4.74 Å². The van der Waals surface area contributed by atoms with Gasteiger partial charge >= 0.3 is 6.03 Å².